The first-order chi connectivity index (χ1) is 17.7. The maximum Gasteiger partial charge on any atom is 0.345 e. The summed E-state index contributed by atoms with van der Waals surface area (Å²) in [4.78, 5) is 17.8. The quantitative estimate of drug-likeness (QED) is 0.374. The molecule has 2 aliphatic rings. The van der Waals surface area contributed by atoms with Crippen molar-refractivity contribution < 1.29 is 18.4 Å². The minimum absolute atomic E-state index is 0.130. The molecule has 0 saturated carbocycles. The van der Waals surface area contributed by atoms with E-state index in [-0.39, 0.29) is 29.9 Å². The topological polar surface area (TPSA) is 77.2 Å². The molecule has 7 heteroatoms. The van der Waals surface area contributed by atoms with Gasteiger partial charge in [-0.3, -0.25) is 4.48 Å². The summed E-state index contributed by atoms with van der Waals surface area (Å²) < 4.78 is 20.8. The van der Waals surface area contributed by atoms with Crippen LogP contribution >= 0.6 is 0 Å². The number of hydrogen-bond acceptors (Lipinski definition) is 5. The van der Waals surface area contributed by atoms with Gasteiger partial charge in [0, 0.05) is 11.8 Å². The van der Waals surface area contributed by atoms with Crippen LogP contribution in [0.2, 0.25) is 0 Å². The molecule has 1 saturated heterocycles. The Bertz CT molecular complexity index is 1280. The number of aryl methyl sites for hydroxylation is 1. The maximum absolute atomic E-state index is 14.1. The highest BCUT2D eigenvalue weighted by Crippen LogP contribution is 2.36. The van der Waals surface area contributed by atoms with Gasteiger partial charge in [-0.1, -0.05) is 18.2 Å². The zero-order valence-corrected chi connectivity index (χ0v) is 21.8. The Hall–Kier alpha value is -3.29. The Kier molecular flexibility index (Phi) is 7.01. The Morgan fingerprint density at radius 3 is 2.51 bits per heavy atom. The highest BCUT2D eigenvalue weighted by molar-refractivity contribution is 5.89. The van der Waals surface area contributed by atoms with Crippen molar-refractivity contribution in [3.63, 3.8) is 0 Å². The van der Waals surface area contributed by atoms with Gasteiger partial charge in [-0.05, 0) is 86.6 Å². The van der Waals surface area contributed by atoms with Gasteiger partial charge < -0.3 is 15.8 Å². The number of ether oxygens (including phenoxy) is 1. The molecule has 1 aliphatic carbocycles. The van der Waals surface area contributed by atoms with Crippen LogP contribution in [0.15, 0.2) is 54.7 Å². The van der Waals surface area contributed by atoms with Crippen molar-refractivity contribution in [2.75, 3.05) is 25.9 Å². The van der Waals surface area contributed by atoms with Crippen LogP contribution < -0.4 is 15.8 Å². The Labute approximate surface area is 218 Å². The zero-order chi connectivity index (χ0) is 26.2. The fourth-order valence-corrected chi connectivity index (χ4v) is 6.03. The molecule has 194 valence electrons. The number of likely N-dealkylation sites (N-methyl/N-ethyl adjacent to an activating group) is 1. The van der Waals surface area contributed by atoms with E-state index in [1.807, 2.05) is 43.4 Å². The lowest BCUT2D eigenvalue weighted by Crippen LogP contribution is -2.65. The van der Waals surface area contributed by atoms with Crippen molar-refractivity contribution in [3.8, 4) is 16.9 Å². The van der Waals surface area contributed by atoms with Gasteiger partial charge in [0.2, 0.25) is 0 Å². The van der Waals surface area contributed by atoms with Crippen LogP contribution in [0.5, 0.6) is 5.75 Å². The average Bonchev–Trinajstić information content (AvgIpc) is 3.06. The molecule has 2 heterocycles. The van der Waals surface area contributed by atoms with Crippen LogP contribution in [0.1, 0.15) is 60.7 Å². The molecule has 1 amide bonds. The summed E-state index contributed by atoms with van der Waals surface area (Å²) in [5, 5.41) is 3.51. The van der Waals surface area contributed by atoms with Crippen molar-refractivity contribution in [3.05, 3.63) is 77.2 Å². The monoisotopic (exact) mass is 503 g/mol. The predicted octanol–water partition coefficient (Wildman–Crippen LogP) is 5.28. The number of nitrogens with two attached hydrogens (primary N) is 1. The van der Waals surface area contributed by atoms with E-state index in [9.17, 15) is 9.18 Å². The number of nitrogens with zero attached hydrogens (tertiary/aromatic N) is 2. The first kappa shape index (κ1) is 25.4. The number of rotatable bonds is 4. The Morgan fingerprint density at radius 1 is 1.05 bits per heavy atom. The van der Waals surface area contributed by atoms with E-state index < -0.39 is 0 Å². The second-order valence-corrected chi connectivity index (χ2v) is 10.9. The van der Waals surface area contributed by atoms with Crippen molar-refractivity contribution in [1.82, 2.24) is 10.3 Å². The van der Waals surface area contributed by atoms with E-state index in [1.54, 1.807) is 12.3 Å². The molecule has 6 nitrogen and oxygen atoms in total. The first-order valence-electron chi connectivity index (χ1n) is 13.2. The number of nitrogens with one attached hydrogen (secondary N) is 1. The average molecular weight is 504 g/mol. The summed E-state index contributed by atoms with van der Waals surface area (Å²) in [5.74, 6) is 0.661. The van der Waals surface area contributed by atoms with E-state index in [1.165, 1.54) is 6.07 Å². The van der Waals surface area contributed by atoms with E-state index in [0.717, 1.165) is 61.0 Å². The lowest BCUT2D eigenvalue weighted by molar-refractivity contribution is -0.836. The molecule has 37 heavy (non-hydrogen) atoms. The number of carbonyl (C=O) groups is 1. The van der Waals surface area contributed by atoms with E-state index in [0.29, 0.717) is 21.6 Å². The molecule has 5 rings (SSSR count). The Balaban J connectivity index is 1.37. The van der Waals surface area contributed by atoms with Gasteiger partial charge in [0.15, 0.2) is 11.6 Å². The molecule has 3 N–H and O–H groups in total. The fraction of sp³-hybridized carbons (Fsp3) is 0.400. The lowest BCUT2D eigenvalue weighted by atomic mass is 10.0. The van der Waals surface area contributed by atoms with Gasteiger partial charge >= 0.3 is 5.91 Å². The van der Waals surface area contributed by atoms with Crippen molar-refractivity contribution >= 4 is 11.7 Å². The molecule has 1 aliphatic heterocycles. The summed E-state index contributed by atoms with van der Waals surface area (Å²) in [5.41, 5.74) is 10.7. The highest BCUT2D eigenvalue weighted by Gasteiger charge is 2.39. The number of carbonyl (C=O) groups excluding carboxylic acids is 1. The summed E-state index contributed by atoms with van der Waals surface area (Å²) in [6.07, 6.45) is 5.19. The van der Waals surface area contributed by atoms with Gasteiger partial charge in [-0.15, -0.1) is 0 Å². The van der Waals surface area contributed by atoms with Gasteiger partial charge in [0.05, 0.1) is 24.7 Å². The first-order valence-corrected chi connectivity index (χ1v) is 13.2. The van der Waals surface area contributed by atoms with E-state index >= 15 is 0 Å². The number of fused-ring (bicyclic) bond motifs is 1. The number of hydrogen-bond donors (Lipinski definition) is 2. The molecule has 4 atom stereocenters. The summed E-state index contributed by atoms with van der Waals surface area (Å²) in [7, 11) is 2.02. The van der Waals surface area contributed by atoms with Crippen LogP contribution in [0.4, 0.5) is 10.2 Å². The number of anilines is 1. The third-order valence-electron chi connectivity index (χ3n) is 7.65. The third-order valence-corrected chi connectivity index (χ3v) is 7.65. The highest BCUT2D eigenvalue weighted by atomic mass is 19.1. The van der Waals surface area contributed by atoms with E-state index in [4.69, 9.17) is 10.5 Å². The second-order valence-electron chi connectivity index (χ2n) is 10.9. The number of quaternary nitrogens is 1. The summed E-state index contributed by atoms with van der Waals surface area (Å²) >= 11 is 0. The largest absolute Gasteiger partial charge is 0.482 e. The van der Waals surface area contributed by atoms with Crippen LogP contribution in [0.25, 0.3) is 11.1 Å². The second kappa shape index (κ2) is 10.2. The predicted molar refractivity (Wildman–Crippen MR) is 144 cm³/mol. The van der Waals surface area contributed by atoms with Gasteiger partial charge in [0.1, 0.15) is 25.0 Å². The number of halogens is 1. The fourth-order valence-electron chi connectivity index (χ4n) is 6.03. The molecule has 0 bridgehead atoms. The molecule has 0 radical (unpaired) electrons. The normalized spacial score (nSPS) is 25.7. The molecule has 2 aromatic carbocycles. The third kappa shape index (κ3) is 5.38. The smallest absolute Gasteiger partial charge is 0.345 e. The van der Waals surface area contributed by atoms with Gasteiger partial charge in [0.25, 0.3) is 0 Å². The summed E-state index contributed by atoms with van der Waals surface area (Å²) in [6, 6.07) is 15.1. The lowest BCUT2D eigenvalue weighted by Gasteiger charge is -2.41. The van der Waals surface area contributed by atoms with E-state index in [2.05, 4.69) is 24.1 Å². The SMILES string of the molecule is C[C@@H]1C[N+](C)(C(=O)c2ccc(-c3cnc(N)c(OC4CCCCc5ccc(F)cc54)c3)cc2)C[C@H](C)N1. The standard InChI is InChI=1S/C30H35FN4O2/c1-19-17-35(3,18-20(2)34-19)30(36)23-10-8-21(9-11-23)24-14-28(29(32)33-16-24)37-27-7-5-4-6-22-12-13-25(31)15-26(22)27/h8-16,19-20,27,34H,4-7,17-18H2,1-3H3,(H-,32,33,36)/p+1/t19-,20+,27?,35?. The van der Waals surface area contributed by atoms with Gasteiger partial charge in [-0.2, -0.15) is 0 Å². The van der Waals surface area contributed by atoms with Crippen molar-refractivity contribution in [2.24, 2.45) is 0 Å². The number of benzene rings is 2. The Morgan fingerprint density at radius 2 is 1.78 bits per heavy atom. The maximum atomic E-state index is 14.1. The van der Waals surface area contributed by atoms with Crippen molar-refractivity contribution in [2.45, 2.75) is 57.7 Å². The minimum Gasteiger partial charge on any atom is -0.482 e. The van der Waals surface area contributed by atoms with Crippen LogP contribution in [-0.4, -0.2) is 47.6 Å². The van der Waals surface area contributed by atoms with Gasteiger partial charge in [-0.25, -0.2) is 14.2 Å². The molecular formula is C30H36FN4O2+. The van der Waals surface area contributed by atoms with Crippen LogP contribution in [-0.2, 0) is 6.42 Å². The molecular weight excluding hydrogens is 467 g/mol. The molecule has 1 aromatic heterocycles. The summed E-state index contributed by atoms with van der Waals surface area (Å²) in [6.45, 7) is 5.78. The number of piperazine rings is 1. The number of pyridine rings is 1. The number of aromatic nitrogens is 1. The van der Waals surface area contributed by atoms with Crippen LogP contribution in [0.3, 0.4) is 0 Å². The molecule has 1 fully saturated rings. The molecule has 0 spiro atoms. The number of nitrogen functional groups attached to an aromatic ring is 1. The molecule has 3 aromatic rings. The number of amides is 1. The molecule has 2 unspecified atom stereocenters. The van der Waals surface area contributed by atoms with Crippen LogP contribution in [0, 0.1) is 5.82 Å². The minimum atomic E-state index is -0.277. The zero-order valence-electron chi connectivity index (χ0n) is 21.8. The van der Waals surface area contributed by atoms with Crippen molar-refractivity contribution in [1.29, 1.82) is 0 Å².